The summed E-state index contributed by atoms with van der Waals surface area (Å²) in [5, 5.41) is 2.90. The lowest BCUT2D eigenvalue weighted by Gasteiger charge is -2.10. The average Bonchev–Trinajstić information content (AvgIpc) is 2.47. The smallest absolute Gasteiger partial charge is 0.255 e. The Labute approximate surface area is 113 Å². The first-order valence-electron chi connectivity index (χ1n) is 6.35. The molecular weight excluding hydrogens is 238 g/mol. The summed E-state index contributed by atoms with van der Waals surface area (Å²) in [5.74, 6) is 0.503. The lowest BCUT2D eigenvalue weighted by atomic mass is 10.1. The van der Waals surface area contributed by atoms with E-state index in [9.17, 15) is 4.79 Å². The fraction of sp³-hybridized carbons (Fsp3) is 0.188. The SMILES string of the molecule is CCOc1ccccc1C(=O)NCc1ccccc1. The number of nitrogens with one attached hydrogen (secondary N) is 1. The fourth-order valence-electron chi connectivity index (χ4n) is 1.81. The predicted octanol–water partition coefficient (Wildman–Crippen LogP) is 3.02. The van der Waals surface area contributed by atoms with Gasteiger partial charge in [0.05, 0.1) is 12.2 Å². The predicted molar refractivity (Wildman–Crippen MR) is 75.2 cm³/mol. The highest BCUT2D eigenvalue weighted by Gasteiger charge is 2.10. The van der Waals surface area contributed by atoms with Gasteiger partial charge in [-0.1, -0.05) is 42.5 Å². The summed E-state index contributed by atoms with van der Waals surface area (Å²) in [6.07, 6.45) is 0. The van der Waals surface area contributed by atoms with E-state index in [1.807, 2.05) is 49.4 Å². The van der Waals surface area contributed by atoms with Crippen molar-refractivity contribution in [3.63, 3.8) is 0 Å². The van der Waals surface area contributed by atoms with Crippen molar-refractivity contribution in [2.24, 2.45) is 0 Å². The molecule has 0 saturated carbocycles. The number of ether oxygens (including phenoxy) is 1. The second-order valence-corrected chi connectivity index (χ2v) is 4.10. The number of para-hydroxylation sites is 1. The molecule has 19 heavy (non-hydrogen) atoms. The van der Waals surface area contributed by atoms with Crippen LogP contribution >= 0.6 is 0 Å². The van der Waals surface area contributed by atoms with Gasteiger partial charge in [0.25, 0.3) is 5.91 Å². The van der Waals surface area contributed by atoms with Gasteiger partial charge in [-0.25, -0.2) is 0 Å². The molecule has 2 aromatic carbocycles. The van der Waals surface area contributed by atoms with Crippen molar-refractivity contribution >= 4 is 5.91 Å². The molecule has 0 aliphatic heterocycles. The Kier molecular flexibility index (Phi) is 4.56. The Morgan fingerprint density at radius 1 is 1.05 bits per heavy atom. The molecule has 2 rings (SSSR count). The Morgan fingerprint density at radius 3 is 2.47 bits per heavy atom. The summed E-state index contributed by atoms with van der Waals surface area (Å²) in [5.41, 5.74) is 1.64. The van der Waals surface area contributed by atoms with E-state index < -0.39 is 0 Å². The molecule has 98 valence electrons. The van der Waals surface area contributed by atoms with Crippen LogP contribution in [0.4, 0.5) is 0 Å². The summed E-state index contributed by atoms with van der Waals surface area (Å²) < 4.78 is 5.45. The zero-order valence-corrected chi connectivity index (χ0v) is 10.9. The number of amides is 1. The zero-order chi connectivity index (χ0) is 13.5. The van der Waals surface area contributed by atoms with E-state index >= 15 is 0 Å². The van der Waals surface area contributed by atoms with Crippen LogP contribution in [0.1, 0.15) is 22.8 Å². The Hall–Kier alpha value is -2.29. The van der Waals surface area contributed by atoms with E-state index in [0.29, 0.717) is 24.5 Å². The highest BCUT2D eigenvalue weighted by atomic mass is 16.5. The lowest BCUT2D eigenvalue weighted by Crippen LogP contribution is -2.23. The second-order valence-electron chi connectivity index (χ2n) is 4.10. The van der Waals surface area contributed by atoms with Crippen LogP contribution in [0.25, 0.3) is 0 Å². The van der Waals surface area contributed by atoms with E-state index in [1.165, 1.54) is 0 Å². The van der Waals surface area contributed by atoms with Crippen molar-refractivity contribution in [2.45, 2.75) is 13.5 Å². The Balaban J connectivity index is 2.04. The first kappa shape index (κ1) is 13.1. The van der Waals surface area contributed by atoms with Gasteiger partial charge in [0.2, 0.25) is 0 Å². The van der Waals surface area contributed by atoms with Crippen LogP contribution in [0.3, 0.4) is 0 Å². The maximum atomic E-state index is 12.1. The number of benzene rings is 2. The van der Waals surface area contributed by atoms with Gasteiger partial charge in [0.1, 0.15) is 5.75 Å². The van der Waals surface area contributed by atoms with Crippen molar-refractivity contribution in [1.29, 1.82) is 0 Å². The molecule has 3 nitrogen and oxygen atoms in total. The summed E-state index contributed by atoms with van der Waals surface area (Å²) in [6, 6.07) is 17.1. The summed E-state index contributed by atoms with van der Waals surface area (Å²) >= 11 is 0. The minimum Gasteiger partial charge on any atom is -0.493 e. The molecule has 0 heterocycles. The topological polar surface area (TPSA) is 38.3 Å². The van der Waals surface area contributed by atoms with Gasteiger partial charge >= 0.3 is 0 Å². The van der Waals surface area contributed by atoms with Gasteiger partial charge in [-0.05, 0) is 24.6 Å². The largest absolute Gasteiger partial charge is 0.493 e. The molecule has 3 heteroatoms. The minimum absolute atomic E-state index is 0.118. The lowest BCUT2D eigenvalue weighted by molar-refractivity contribution is 0.0947. The first-order chi connectivity index (χ1) is 9.31. The number of hydrogen-bond donors (Lipinski definition) is 1. The third kappa shape index (κ3) is 3.58. The quantitative estimate of drug-likeness (QED) is 0.892. The van der Waals surface area contributed by atoms with Crippen molar-refractivity contribution in [3.8, 4) is 5.75 Å². The van der Waals surface area contributed by atoms with Crippen LogP contribution in [0.5, 0.6) is 5.75 Å². The molecule has 0 bridgehead atoms. The number of carbonyl (C=O) groups excluding carboxylic acids is 1. The Bertz CT molecular complexity index is 537. The monoisotopic (exact) mass is 255 g/mol. The standard InChI is InChI=1S/C16H17NO2/c1-2-19-15-11-7-6-10-14(15)16(18)17-12-13-8-4-3-5-9-13/h3-11H,2,12H2,1H3,(H,17,18). The van der Waals surface area contributed by atoms with Crippen molar-refractivity contribution < 1.29 is 9.53 Å². The normalized spacial score (nSPS) is 9.95. The average molecular weight is 255 g/mol. The molecule has 2 aromatic rings. The van der Waals surface area contributed by atoms with Gasteiger partial charge < -0.3 is 10.1 Å². The van der Waals surface area contributed by atoms with Crippen LogP contribution < -0.4 is 10.1 Å². The third-order valence-corrected chi connectivity index (χ3v) is 2.73. The van der Waals surface area contributed by atoms with Gasteiger partial charge in [0.15, 0.2) is 0 Å². The van der Waals surface area contributed by atoms with E-state index in [-0.39, 0.29) is 5.91 Å². The van der Waals surface area contributed by atoms with Crippen LogP contribution in [0.2, 0.25) is 0 Å². The van der Waals surface area contributed by atoms with Gasteiger partial charge in [-0.15, -0.1) is 0 Å². The van der Waals surface area contributed by atoms with E-state index in [1.54, 1.807) is 12.1 Å². The highest BCUT2D eigenvalue weighted by Crippen LogP contribution is 2.17. The fourth-order valence-corrected chi connectivity index (χ4v) is 1.81. The van der Waals surface area contributed by atoms with Crippen molar-refractivity contribution in [2.75, 3.05) is 6.61 Å². The number of hydrogen-bond acceptors (Lipinski definition) is 2. The summed E-state index contributed by atoms with van der Waals surface area (Å²) in [7, 11) is 0. The molecule has 0 atom stereocenters. The molecule has 0 fully saturated rings. The molecule has 0 aromatic heterocycles. The highest BCUT2D eigenvalue weighted by molar-refractivity contribution is 5.96. The van der Waals surface area contributed by atoms with E-state index in [2.05, 4.69) is 5.32 Å². The molecule has 0 spiro atoms. The van der Waals surface area contributed by atoms with E-state index in [4.69, 9.17) is 4.74 Å². The third-order valence-electron chi connectivity index (χ3n) is 2.73. The van der Waals surface area contributed by atoms with Gasteiger partial charge in [-0.2, -0.15) is 0 Å². The molecule has 0 aliphatic carbocycles. The molecule has 0 radical (unpaired) electrons. The molecule has 0 aliphatic rings. The maximum Gasteiger partial charge on any atom is 0.255 e. The zero-order valence-electron chi connectivity index (χ0n) is 10.9. The van der Waals surface area contributed by atoms with Crippen LogP contribution in [0, 0.1) is 0 Å². The summed E-state index contributed by atoms with van der Waals surface area (Å²) in [4.78, 5) is 12.1. The number of rotatable bonds is 5. The Morgan fingerprint density at radius 2 is 1.74 bits per heavy atom. The molecule has 0 saturated heterocycles. The van der Waals surface area contributed by atoms with E-state index in [0.717, 1.165) is 5.56 Å². The molecule has 1 N–H and O–H groups in total. The minimum atomic E-state index is -0.118. The van der Waals surface area contributed by atoms with Crippen LogP contribution in [-0.2, 0) is 6.54 Å². The van der Waals surface area contributed by atoms with Gasteiger partial charge in [0, 0.05) is 6.54 Å². The molecular formula is C16H17NO2. The van der Waals surface area contributed by atoms with Gasteiger partial charge in [-0.3, -0.25) is 4.79 Å². The first-order valence-corrected chi connectivity index (χ1v) is 6.35. The van der Waals surface area contributed by atoms with Crippen molar-refractivity contribution in [3.05, 3.63) is 65.7 Å². The maximum absolute atomic E-state index is 12.1. The molecule has 0 unspecified atom stereocenters. The second kappa shape index (κ2) is 6.59. The number of carbonyl (C=O) groups is 1. The molecule has 1 amide bonds. The summed E-state index contributed by atoms with van der Waals surface area (Å²) in [6.45, 7) is 2.96. The van der Waals surface area contributed by atoms with Crippen LogP contribution in [-0.4, -0.2) is 12.5 Å². The van der Waals surface area contributed by atoms with Crippen molar-refractivity contribution in [1.82, 2.24) is 5.32 Å². The van der Waals surface area contributed by atoms with Crippen LogP contribution in [0.15, 0.2) is 54.6 Å².